The van der Waals surface area contributed by atoms with E-state index in [0.717, 1.165) is 0 Å². The first-order chi connectivity index (χ1) is 8.34. The molecule has 0 unspecified atom stereocenters. The molecule has 1 fully saturated rings. The maximum Gasteiger partial charge on any atom is 0.108 e. The van der Waals surface area contributed by atoms with Crippen molar-refractivity contribution in [1.82, 2.24) is 0 Å². The van der Waals surface area contributed by atoms with Gasteiger partial charge >= 0.3 is 0 Å². The minimum absolute atomic E-state index is 1.01. The van der Waals surface area contributed by atoms with Crippen LogP contribution in [0.25, 0.3) is 0 Å². The Bertz CT molecular complexity index is 621. The molecule has 0 aromatic heterocycles. The Hall–Kier alpha value is -0.606. The third-order valence-corrected chi connectivity index (χ3v) is 13.0. The summed E-state index contributed by atoms with van der Waals surface area (Å²) in [4.78, 5) is 0. The SMILES string of the molecule is CC1=CCC2=C1[Si](C)(C)C1=C3C(=C2C1)C[Si]3(C)C. The first-order valence-electron chi connectivity index (χ1n) is 7.21. The van der Waals surface area contributed by atoms with Crippen LogP contribution in [0.5, 0.6) is 0 Å². The summed E-state index contributed by atoms with van der Waals surface area (Å²) >= 11 is 0. The van der Waals surface area contributed by atoms with Crippen LogP contribution >= 0.6 is 0 Å². The van der Waals surface area contributed by atoms with E-state index in [1.165, 1.54) is 18.9 Å². The lowest BCUT2D eigenvalue weighted by atomic mass is 10.0. The summed E-state index contributed by atoms with van der Waals surface area (Å²) < 4.78 is 0. The van der Waals surface area contributed by atoms with Crippen molar-refractivity contribution in [3.8, 4) is 0 Å². The quantitative estimate of drug-likeness (QED) is 0.560. The molecule has 2 aliphatic carbocycles. The first kappa shape index (κ1) is 11.2. The Morgan fingerprint density at radius 1 is 0.944 bits per heavy atom. The van der Waals surface area contributed by atoms with Crippen molar-refractivity contribution in [1.29, 1.82) is 0 Å². The molecule has 1 saturated heterocycles. The number of hydrogen-bond donors (Lipinski definition) is 0. The zero-order valence-electron chi connectivity index (χ0n) is 12.2. The Labute approximate surface area is 112 Å². The molecule has 0 saturated carbocycles. The van der Waals surface area contributed by atoms with Crippen LogP contribution in [0.3, 0.4) is 0 Å². The summed E-state index contributed by atoms with van der Waals surface area (Å²) in [6.45, 7) is 12.7. The minimum atomic E-state index is -1.33. The van der Waals surface area contributed by atoms with Crippen LogP contribution in [0.15, 0.2) is 44.0 Å². The molecule has 4 rings (SSSR count). The van der Waals surface area contributed by atoms with Crippen molar-refractivity contribution in [2.45, 2.75) is 52.0 Å². The molecule has 0 nitrogen and oxygen atoms in total. The van der Waals surface area contributed by atoms with Crippen molar-refractivity contribution in [2.75, 3.05) is 0 Å². The molecule has 0 amide bonds. The van der Waals surface area contributed by atoms with E-state index in [2.05, 4.69) is 39.2 Å². The van der Waals surface area contributed by atoms with E-state index in [1.807, 2.05) is 21.2 Å². The molecule has 0 aromatic rings. The van der Waals surface area contributed by atoms with Gasteiger partial charge < -0.3 is 0 Å². The molecule has 4 aliphatic rings. The number of fused-ring (bicyclic) bond motifs is 4. The third kappa shape index (κ3) is 1.04. The number of rotatable bonds is 0. The van der Waals surface area contributed by atoms with E-state index in [-0.39, 0.29) is 0 Å². The summed E-state index contributed by atoms with van der Waals surface area (Å²) in [6, 6.07) is 1.46. The van der Waals surface area contributed by atoms with Gasteiger partial charge in [0.25, 0.3) is 0 Å². The lowest BCUT2D eigenvalue weighted by molar-refractivity contribution is 1.11. The standard InChI is InChI=1S/C16H22Si2/c1-10-6-7-11-12-8-14(18(4,5)15(10)11)16-13(12)9-17(16,2)3/h6H,7-9H2,1-5H3. The highest BCUT2D eigenvalue weighted by Gasteiger charge is 2.53. The summed E-state index contributed by atoms with van der Waals surface area (Å²) in [5.74, 6) is 0. The van der Waals surface area contributed by atoms with Crippen molar-refractivity contribution < 1.29 is 0 Å². The first-order valence-corrected chi connectivity index (χ1v) is 13.4. The summed E-state index contributed by atoms with van der Waals surface area (Å²) in [6.07, 6.45) is 5.06. The van der Waals surface area contributed by atoms with Crippen LogP contribution in [0.4, 0.5) is 0 Å². The average Bonchev–Trinajstić information content (AvgIpc) is 2.75. The van der Waals surface area contributed by atoms with Crippen LogP contribution in [-0.4, -0.2) is 16.1 Å². The molecule has 18 heavy (non-hydrogen) atoms. The molecule has 0 atom stereocenters. The van der Waals surface area contributed by atoms with Crippen molar-refractivity contribution in [3.05, 3.63) is 44.0 Å². The predicted molar refractivity (Wildman–Crippen MR) is 83.8 cm³/mol. The second kappa shape index (κ2) is 2.93. The maximum absolute atomic E-state index is 2.61. The van der Waals surface area contributed by atoms with Gasteiger partial charge in [-0.05, 0) is 47.7 Å². The molecule has 2 bridgehead atoms. The van der Waals surface area contributed by atoms with Crippen LogP contribution in [0.2, 0.25) is 32.2 Å². The second-order valence-electron chi connectivity index (χ2n) is 7.62. The minimum Gasteiger partial charge on any atom is -0.0773 e. The zero-order chi connectivity index (χ0) is 12.9. The van der Waals surface area contributed by atoms with Crippen molar-refractivity contribution in [2.24, 2.45) is 0 Å². The molecule has 0 aromatic carbocycles. The Balaban J connectivity index is 2.02. The normalized spacial score (nSPS) is 30.4. The van der Waals surface area contributed by atoms with Crippen LogP contribution in [0.1, 0.15) is 19.8 Å². The van der Waals surface area contributed by atoms with Gasteiger partial charge in [-0.25, -0.2) is 0 Å². The molecule has 2 heteroatoms. The highest BCUT2D eigenvalue weighted by molar-refractivity contribution is 6.97. The van der Waals surface area contributed by atoms with Gasteiger partial charge in [0.05, 0.1) is 8.07 Å². The molecule has 2 heterocycles. The number of allylic oxidation sites excluding steroid dienone is 8. The highest BCUT2D eigenvalue weighted by Crippen LogP contribution is 2.61. The van der Waals surface area contributed by atoms with Crippen LogP contribution in [-0.2, 0) is 0 Å². The van der Waals surface area contributed by atoms with Gasteiger partial charge in [-0.3, -0.25) is 0 Å². The van der Waals surface area contributed by atoms with Gasteiger partial charge in [-0.1, -0.05) is 48.2 Å². The Morgan fingerprint density at radius 3 is 2.33 bits per heavy atom. The molecular formula is C16H22Si2. The fraction of sp³-hybridized carbons (Fsp3) is 0.500. The van der Waals surface area contributed by atoms with E-state index >= 15 is 0 Å². The molecule has 0 radical (unpaired) electrons. The van der Waals surface area contributed by atoms with E-state index < -0.39 is 16.1 Å². The van der Waals surface area contributed by atoms with Crippen LogP contribution in [0, 0.1) is 0 Å². The smallest absolute Gasteiger partial charge is 0.0773 e. The lowest BCUT2D eigenvalue weighted by Crippen LogP contribution is -2.44. The fourth-order valence-electron chi connectivity index (χ4n) is 4.96. The van der Waals surface area contributed by atoms with Gasteiger partial charge in [0.15, 0.2) is 0 Å². The summed E-state index contributed by atoms with van der Waals surface area (Å²) in [5, 5.41) is 5.68. The van der Waals surface area contributed by atoms with E-state index in [4.69, 9.17) is 0 Å². The Kier molecular flexibility index (Phi) is 1.83. The van der Waals surface area contributed by atoms with Gasteiger partial charge in [-0.15, -0.1) is 0 Å². The lowest BCUT2D eigenvalue weighted by Gasteiger charge is -2.41. The second-order valence-corrected chi connectivity index (χ2v) is 16.6. The predicted octanol–water partition coefficient (Wildman–Crippen LogP) is 4.69. The largest absolute Gasteiger partial charge is 0.108 e. The molecule has 0 spiro atoms. The Morgan fingerprint density at radius 2 is 1.67 bits per heavy atom. The highest BCUT2D eigenvalue weighted by atomic mass is 28.3. The third-order valence-electron chi connectivity index (χ3n) is 5.67. The molecule has 0 N–H and O–H groups in total. The maximum atomic E-state index is 2.61. The van der Waals surface area contributed by atoms with E-state index in [1.54, 1.807) is 16.7 Å². The molecule has 94 valence electrons. The number of hydrogen-bond acceptors (Lipinski definition) is 0. The van der Waals surface area contributed by atoms with Gasteiger partial charge in [0, 0.05) is 0 Å². The van der Waals surface area contributed by atoms with E-state index in [0.29, 0.717) is 0 Å². The van der Waals surface area contributed by atoms with Crippen molar-refractivity contribution in [3.63, 3.8) is 0 Å². The summed E-state index contributed by atoms with van der Waals surface area (Å²) in [5.41, 5.74) is 6.97. The van der Waals surface area contributed by atoms with Gasteiger partial charge in [0.2, 0.25) is 0 Å². The summed E-state index contributed by atoms with van der Waals surface area (Å²) in [7, 11) is -2.34. The average molecular weight is 271 g/mol. The topological polar surface area (TPSA) is 0 Å². The van der Waals surface area contributed by atoms with Gasteiger partial charge in [0.1, 0.15) is 8.07 Å². The van der Waals surface area contributed by atoms with Crippen molar-refractivity contribution >= 4 is 16.1 Å². The molecule has 2 aliphatic heterocycles. The van der Waals surface area contributed by atoms with E-state index in [9.17, 15) is 0 Å². The van der Waals surface area contributed by atoms with Gasteiger partial charge in [-0.2, -0.15) is 0 Å². The van der Waals surface area contributed by atoms with Crippen LogP contribution < -0.4 is 0 Å². The monoisotopic (exact) mass is 270 g/mol. The zero-order valence-corrected chi connectivity index (χ0v) is 14.2. The fourth-order valence-corrected chi connectivity index (χ4v) is 13.8. The molecular weight excluding hydrogens is 248 g/mol.